The number of esters is 3. The van der Waals surface area contributed by atoms with Gasteiger partial charge in [0.1, 0.15) is 11.9 Å². The van der Waals surface area contributed by atoms with E-state index in [0.717, 1.165) is 18.9 Å². The fourth-order valence-electron chi connectivity index (χ4n) is 10.5. The fourth-order valence-corrected chi connectivity index (χ4v) is 10.5. The molecule has 0 aromatic heterocycles. The molecule has 2 heterocycles. The summed E-state index contributed by atoms with van der Waals surface area (Å²) in [6.07, 6.45) is -6.05. The van der Waals surface area contributed by atoms with E-state index in [2.05, 4.69) is 5.32 Å². The van der Waals surface area contributed by atoms with E-state index in [4.69, 9.17) is 33.2 Å². The number of hydrogen-bond donors (Lipinski definition) is 3. The van der Waals surface area contributed by atoms with E-state index < -0.39 is 112 Å². The maximum Gasteiger partial charge on any atom is 0.509 e. The molecular formula is C46H59NO15. The highest BCUT2D eigenvalue weighted by atomic mass is 16.8. The minimum absolute atomic E-state index is 0.0503. The topological polar surface area (TPSA) is 220 Å². The van der Waals surface area contributed by atoms with Crippen molar-refractivity contribution in [3.05, 3.63) is 65.3 Å². The number of nitrogens with one attached hydrogen (secondary N) is 1. The second kappa shape index (κ2) is 17.6. The normalized spacial score (nSPS) is 34.0. The Balaban J connectivity index is 1.61. The van der Waals surface area contributed by atoms with E-state index in [1.165, 1.54) is 32.9 Å². The summed E-state index contributed by atoms with van der Waals surface area (Å²) in [5.41, 5.74) is -6.61. The lowest BCUT2D eigenvalue weighted by molar-refractivity contribution is -0.343. The first-order valence-corrected chi connectivity index (χ1v) is 21.2. The van der Waals surface area contributed by atoms with Crippen molar-refractivity contribution < 1.29 is 72.1 Å². The number of hydrogen-bond acceptors (Lipinski definition) is 15. The van der Waals surface area contributed by atoms with Crippen LogP contribution < -0.4 is 10.1 Å². The smallest absolute Gasteiger partial charge is 0.486 e. The maximum atomic E-state index is 15.8. The van der Waals surface area contributed by atoms with E-state index in [-0.39, 0.29) is 36.3 Å². The van der Waals surface area contributed by atoms with Crippen LogP contribution in [0.4, 0.5) is 4.79 Å². The number of aliphatic hydroxyl groups is 2. The van der Waals surface area contributed by atoms with E-state index in [0.29, 0.717) is 12.0 Å². The minimum Gasteiger partial charge on any atom is -0.486 e. The fraction of sp³-hybridized carbons (Fsp3) is 0.609. The van der Waals surface area contributed by atoms with Crippen molar-refractivity contribution >= 4 is 35.8 Å². The average Bonchev–Trinajstić information content (AvgIpc) is 3.56. The molecule has 2 saturated carbocycles. The third-order valence-corrected chi connectivity index (χ3v) is 13.3. The van der Waals surface area contributed by atoms with Crippen LogP contribution in [0.2, 0.25) is 0 Å². The number of allylic oxidation sites excluding steroid dienone is 2. The number of aliphatic hydroxyl groups excluding tert-OH is 2. The second-order valence-corrected chi connectivity index (χ2v) is 17.9. The van der Waals surface area contributed by atoms with Crippen LogP contribution in [0, 0.1) is 16.7 Å². The number of benzene rings is 1. The Morgan fingerprint density at radius 2 is 1.73 bits per heavy atom. The van der Waals surface area contributed by atoms with Crippen LogP contribution >= 0.6 is 0 Å². The van der Waals surface area contributed by atoms with Gasteiger partial charge in [0.05, 0.1) is 30.1 Å². The molecule has 16 heteroatoms. The molecule has 4 fully saturated rings. The molecule has 16 nitrogen and oxygen atoms in total. The summed E-state index contributed by atoms with van der Waals surface area (Å²) in [6, 6.07) is 7.15. The molecule has 1 aromatic carbocycles. The van der Waals surface area contributed by atoms with Crippen LogP contribution in [0.25, 0.3) is 0 Å². The minimum atomic E-state index is -2.15. The second-order valence-electron chi connectivity index (χ2n) is 17.9. The molecule has 5 aliphatic rings. The molecule has 2 bridgehead atoms. The molecule has 338 valence electrons. The Morgan fingerprint density at radius 3 is 2.32 bits per heavy atom. The lowest BCUT2D eigenvalue weighted by atomic mass is 9.44. The lowest BCUT2D eigenvalue weighted by Crippen LogP contribution is -2.83. The number of Topliss-reactive ketones (excluding diaryl/α,β-unsaturated/α-hetero) is 1. The summed E-state index contributed by atoms with van der Waals surface area (Å²) in [5, 5.41) is 26.6. The van der Waals surface area contributed by atoms with Gasteiger partial charge in [-0.3, -0.25) is 14.4 Å². The number of carbonyl (C=O) groups is 6. The van der Waals surface area contributed by atoms with Crippen molar-refractivity contribution in [2.24, 2.45) is 16.7 Å². The average molecular weight is 866 g/mol. The van der Waals surface area contributed by atoms with Gasteiger partial charge in [0.2, 0.25) is 11.5 Å². The van der Waals surface area contributed by atoms with E-state index in [1.54, 1.807) is 65.0 Å². The van der Waals surface area contributed by atoms with Crippen molar-refractivity contribution in [2.45, 2.75) is 154 Å². The molecular weight excluding hydrogens is 806 g/mol. The molecule has 2 unspecified atom stereocenters. The first-order valence-electron chi connectivity index (χ1n) is 21.2. The summed E-state index contributed by atoms with van der Waals surface area (Å²) in [6.45, 7) is 14.3. The SMILES string of the molecule is C/C=C/C(=O)O[C@H]1C(=O)[C@@]2(C)C([C@H](Oc3ccccc3)[C@]34OC(=O)O[C@H]3[C@H](OC(=O)[C@H](O)[C@H](C=C(C)C)NC(=O)CCCCC)C(C)=C1C4(C)C)[C@]1(OC(C)=O)COC1C[C@@H]2O. The van der Waals surface area contributed by atoms with E-state index >= 15 is 4.79 Å². The Morgan fingerprint density at radius 1 is 1.03 bits per heavy atom. The number of ketones is 1. The predicted molar refractivity (Wildman–Crippen MR) is 219 cm³/mol. The number of rotatable bonds is 14. The zero-order valence-corrected chi connectivity index (χ0v) is 36.8. The first-order chi connectivity index (χ1) is 29.2. The van der Waals surface area contributed by atoms with Gasteiger partial charge in [-0.2, -0.15) is 0 Å². The Labute approximate surface area is 361 Å². The van der Waals surface area contributed by atoms with Crippen molar-refractivity contribution in [3.8, 4) is 5.75 Å². The third-order valence-electron chi connectivity index (χ3n) is 13.3. The molecule has 1 amide bonds. The van der Waals surface area contributed by atoms with Gasteiger partial charge in [0.25, 0.3) is 0 Å². The monoisotopic (exact) mass is 865 g/mol. The van der Waals surface area contributed by atoms with E-state index in [9.17, 15) is 34.2 Å². The highest BCUT2D eigenvalue weighted by Crippen LogP contribution is 2.66. The van der Waals surface area contributed by atoms with Gasteiger partial charge in [-0.15, -0.1) is 0 Å². The summed E-state index contributed by atoms with van der Waals surface area (Å²) >= 11 is 0. The molecule has 2 aliphatic heterocycles. The van der Waals surface area contributed by atoms with Crippen LogP contribution in [0.15, 0.2) is 65.3 Å². The number of ether oxygens (including phenoxy) is 7. The van der Waals surface area contributed by atoms with Gasteiger partial charge < -0.3 is 48.7 Å². The van der Waals surface area contributed by atoms with Crippen molar-refractivity contribution in [1.82, 2.24) is 5.32 Å². The van der Waals surface area contributed by atoms with Crippen molar-refractivity contribution in [3.63, 3.8) is 0 Å². The Hall–Kier alpha value is -5.06. The molecule has 3 aliphatic carbocycles. The van der Waals surface area contributed by atoms with Gasteiger partial charge in [0, 0.05) is 31.3 Å². The molecule has 6 rings (SSSR count). The number of para-hydroxylation sites is 1. The maximum absolute atomic E-state index is 15.8. The van der Waals surface area contributed by atoms with Gasteiger partial charge in [-0.25, -0.2) is 14.4 Å². The quantitative estimate of drug-likeness (QED) is 0.0770. The van der Waals surface area contributed by atoms with Crippen LogP contribution in [-0.4, -0.2) is 113 Å². The van der Waals surface area contributed by atoms with E-state index in [1.807, 2.05) is 6.92 Å². The van der Waals surface area contributed by atoms with Gasteiger partial charge in [0.15, 0.2) is 41.9 Å². The molecule has 12 atom stereocenters. The molecule has 2 saturated heterocycles. The Kier molecular flexibility index (Phi) is 13.2. The van der Waals surface area contributed by atoms with Gasteiger partial charge in [-0.05, 0) is 64.3 Å². The number of carbonyl (C=O) groups excluding carboxylic acids is 6. The molecule has 62 heavy (non-hydrogen) atoms. The molecule has 1 aromatic rings. The number of amides is 1. The van der Waals surface area contributed by atoms with Crippen LogP contribution in [0.5, 0.6) is 5.75 Å². The van der Waals surface area contributed by atoms with Crippen LogP contribution in [-0.2, 0) is 52.4 Å². The summed E-state index contributed by atoms with van der Waals surface area (Å²) < 4.78 is 43.9. The highest BCUT2D eigenvalue weighted by molar-refractivity contribution is 5.96. The zero-order valence-electron chi connectivity index (χ0n) is 36.8. The lowest BCUT2D eigenvalue weighted by Gasteiger charge is -2.67. The number of unbranched alkanes of at least 4 members (excludes halogenated alkanes) is 2. The molecule has 1 spiro atoms. The molecule has 0 radical (unpaired) electrons. The van der Waals surface area contributed by atoms with Crippen LogP contribution in [0.1, 0.15) is 94.4 Å². The van der Waals surface area contributed by atoms with Crippen LogP contribution in [0.3, 0.4) is 0 Å². The summed E-state index contributed by atoms with van der Waals surface area (Å²) in [7, 11) is 0. The van der Waals surface area contributed by atoms with Crippen molar-refractivity contribution in [2.75, 3.05) is 6.61 Å². The number of fused-ring (bicyclic) bond motifs is 4. The van der Waals surface area contributed by atoms with Crippen molar-refractivity contribution in [1.29, 1.82) is 0 Å². The molecule has 3 N–H and O–H groups in total. The highest BCUT2D eigenvalue weighted by Gasteiger charge is 2.83. The van der Waals surface area contributed by atoms with Gasteiger partial charge in [-0.1, -0.05) is 69.5 Å². The largest absolute Gasteiger partial charge is 0.509 e. The third kappa shape index (κ3) is 7.72. The predicted octanol–water partition coefficient (Wildman–Crippen LogP) is 4.53. The zero-order chi connectivity index (χ0) is 45.5. The summed E-state index contributed by atoms with van der Waals surface area (Å²) in [4.78, 5) is 83.7. The summed E-state index contributed by atoms with van der Waals surface area (Å²) in [5.74, 6) is -5.29. The standard InChI is InChI=1S/C46H59NO15/c1-10-12-14-20-31(50)47-28(21-24(3)4)34(52)41(54)59-35-25(5)33-36(58-32(51)17-11-2)38(53)44(9)29(49)22-30-45(23-56-30,61-26(6)48)37(44)40(57-27-18-15-13-16-19-27)46(43(33,7)8)39(35)60-42(55)62-46/h11,13,15-19,21,28-30,34-37,39-40,49,52H,10,12,14,20,22-23H2,1-9H3,(H,47,50)/b17-11+/t28-,29-,30?,34+,35+,36+,37?,39-,40-,44+,45-,46+/m0/s1. The first kappa shape index (κ1) is 46.4. The Bertz CT molecular complexity index is 2040. The van der Waals surface area contributed by atoms with Gasteiger partial charge >= 0.3 is 24.1 Å².